The lowest BCUT2D eigenvalue weighted by Crippen LogP contribution is -2.41. The summed E-state index contributed by atoms with van der Waals surface area (Å²) in [5, 5.41) is 0. The second-order valence-corrected chi connectivity index (χ2v) is 5.16. The van der Waals surface area contributed by atoms with Gasteiger partial charge in [-0.1, -0.05) is 30.3 Å². The SMILES string of the molecule is O=C1CCC2(CC1Cc1ccccc1)OCCO2. The first-order valence-corrected chi connectivity index (χ1v) is 6.62. The molecular formula is C15H18O3. The Bertz CT molecular complexity index is 421. The third-order valence-corrected chi connectivity index (χ3v) is 3.90. The van der Waals surface area contributed by atoms with Gasteiger partial charge in [-0.3, -0.25) is 4.79 Å². The first-order chi connectivity index (χ1) is 8.77. The van der Waals surface area contributed by atoms with Crippen LogP contribution >= 0.6 is 0 Å². The Morgan fingerprint density at radius 1 is 1.17 bits per heavy atom. The van der Waals surface area contributed by atoms with Gasteiger partial charge < -0.3 is 9.47 Å². The molecule has 1 heterocycles. The number of Topliss-reactive ketones (excluding diaryl/α,β-unsaturated/α-hetero) is 1. The van der Waals surface area contributed by atoms with Gasteiger partial charge in [0.1, 0.15) is 5.78 Å². The molecule has 0 aromatic heterocycles. The molecule has 1 aromatic rings. The average molecular weight is 246 g/mol. The van der Waals surface area contributed by atoms with Gasteiger partial charge in [-0.25, -0.2) is 0 Å². The first-order valence-electron chi connectivity index (χ1n) is 6.62. The Balaban J connectivity index is 1.72. The van der Waals surface area contributed by atoms with Crippen molar-refractivity contribution in [2.24, 2.45) is 5.92 Å². The molecule has 0 radical (unpaired) electrons. The van der Waals surface area contributed by atoms with Crippen LogP contribution in [0.15, 0.2) is 30.3 Å². The molecule has 0 bridgehead atoms. The number of ketones is 1. The molecule has 18 heavy (non-hydrogen) atoms. The van der Waals surface area contributed by atoms with Crippen molar-refractivity contribution in [3.8, 4) is 0 Å². The van der Waals surface area contributed by atoms with Gasteiger partial charge in [-0.05, 0) is 12.0 Å². The van der Waals surface area contributed by atoms with E-state index in [-0.39, 0.29) is 5.92 Å². The summed E-state index contributed by atoms with van der Waals surface area (Å²) < 4.78 is 11.4. The molecule has 96 valence electrons. The number of ether oxygens (including phenoxy) is 2. The smallest absolute Gasteiger partial charge is 0.169 e. The highest BCUT2D eigenvalue weighted by molar-refractivity contribution is 5.82. The zero-order valence-corrected chi connectivity index (χ0v) is 10.4. The van der Waals surface area contributed by atoms with Gasteiger partial charge in [0.15, 0.2) is 5.79 Å². The zero-order chi connectivity index (χ0) is 12.4. The fourth-order valence-electron chi connectivity index (χ4n) is 2.95. The molecule has 2 aliphatic rings. The molecule has 1 aliphatic carbocycles. The van der Waals surface area contributed by atoms with Gasteiger partial charge in [-0.15, -0.1) is 0 Å². The van der Waals surface area contributed by atoms with Gasteiger partial charge in [-0.2, -0.15) is 0 Å². The van der Waals surface area contributed by atoms with Crippen molar-refractivity contribution in [1.29, 1.82) is 0 Å². The number of benzene rings is 1. The summed E-state index contributed by atoms with van der Waals surface area (Å²) in [4.78, 5) is 12.0. The largest absolute Gasteiger partial charge is 0.347 e. The topological polar surface area (TPSA) is 35.5 Å². The summed E-state index contributed by atoms with van der Waals surface area (Å²) in [5.41, 5.74) is 1.21. The van der Waals surface area contributed by atoms with Crippen molar-refractivity contribution in [2.75, 3.05) is 13.2 Å². The van der Waals surface area contributed by atoms with Gasteiger partial charge in [0.05, 0.1) is 13.2 Å². The van der Waals surface area contributed by atoms with E-state index in [1.807, 2.05) is 18.2 Å². The molecule has 1 saturated carbocycles. The van der Waals surface area contributed by atoms with Crippen LogP contribution in [0.4, 0.5) is 0 Å². The van der Waals surface area contributed by atoms with E-state index >= 15 is 0 Å². The predicted octanol–water partition coefficient (Wildman–Crippen LogP) is 2.34. The second kappa shape index (κ2) is 4.82. The normalized spacial score (nSPS) is 26.7. The van der Waals surface area contributed by atoms with Crippen LogP contribution in [0.25, 0.3) is 0 Å². The van der Waals surface area contributed by atoms with Crippen LogP contribution < -0.4 is 0 Å². The monoisotopic (exact) mass is 246 g/mol. The van der Waals surface area contributed by atoms with Crippen molar-refractivity contribution in [2.45, 2.75) is 31.5 Å². The molecule has 3 rings (SSSR count). The minimum Gasteiger partial charge on any atom is -0.347 e. The maximum atomic E-state index is 12.0. The molecule has 3 nitrogen and oxygen atoms in total. The highest BCUT2D eigenvalue weighted by atomic mass is 16.7. The first kappa shape index (κ1) is 11.9. The standard InChI is InChI=1S/C15H18O3/c16-14-6-7-15(17-8-9-18-15)11-13(14)10-12-4-2-1-3-5-12/h1-5,13H,6-11H2. The number of hydrogen-bond donors (Lipinski definition) is 0. The lowest BCUT2D eigenvalue weighted by molar-refractivity contribution is -0.189. The van der Waals surface area contributed by atoms with Crippen LogP contribution in [0.5, 0.6) is 0 Å². The lowest BCUT2D eigenvalue weighted by Gasteiger charge is -2.35. The molecule has 0 amide bonds. The zero-order valence-electron chi connectivity index (χ0n) is 10.4. The van der Waals surface area contributed by atoms with Gasteiger partial charge in [0.25, 0.3) is 0 Å². The van der Waals surface area contributed by atoms with E-state index in [1.54, 1.807) is 0 Å². The molecule has 3 heteroatoms. The van der Waals surface area contributed by atoms with Crippen molar-refractivity contribution in [1.82, 2.24) is 0 Å². The van der Waals surface area contributed by atoms with E-state index in [0.717, 1.165) is 12.8 Å². The third kappa shape index (κ3) is 2.33. The van der Waals surface area contributed by atoms with Crippen molar-refractivity contribution in [3.05, 3.63) is 35.9 Å². The summed E-state index contributed by atoms with van der Waals surface area (Å²) >= 11 is 0. The summed E-state index contributed by atoms with van der Waals surface area (Å²) in [6.45, 7) is 1.32. The quantitative estimate of drug-likeness (QED) is 0.803. The van der Waals surface area contributed by atoms with E-state index in [0.29, 0.717) is 31.8 Å². The molecule has 1 aromatic carbocycles. The maximum absolute atomic E-state index is 12.0. The van der Waals surface area contributed by atoms with Crippen molar-refractivity contribution in [3.63, 3.8) is 0 Å². The fraction of sp³-hybridized carbons (Fsp3) is 0.533. The van der Waals surface area contributed by atoms with Gasteiger partial charge in [0.2, 0.25) is 0 Å². The maximum Gasteiger partial charge on any atom is 0.169 e. The summed E-state index contributed by atoms with van der Waals surface area (Å²) in [6, 6.07) is 10.2. The third-order valence-electron chi connectivity index (χ3n) is 3.90. The molecular weight excluding hydrogens is 228 g/mol. The molecule has 1 unspecified atom stereocenters. The molecule has 1 spiro atoms. The minimum atomic E-state index is -0.465. The Kier molecular flexibility index (Phi) is 3.18. The minimum absolute atomic E-state index is 0.0410. The molecule has 1 aliphatic heterocycles. The van der Waals surface area contributed by atoms with Crippen LogP contribution in [0.3, 0.4) is 0 Å². The Labute approximate surface area is 107 Å². The number of rotatable bonds is 2. The average Bonchev–Trinajstić information content (AvgIpc) is 2.84. The van der Waals surface area contributed by atoms with E-state index in [4.69, 9.17) is 9.47 Å². The Morgan fingerprint density at radius 3 is 2.61 bits per heavy atom. The second-order valence-electron chi connectivity index (χ2n) is 5.16. The molecule has 1 atom stereocenters. The van der Waals surface area contributed by atoms with E-state index < -0.39 is 5.79 Å². The summed E-state index contributed by atoms with van der Waals surface area (Å²) in [7, 11) is 0. The number of hydrogen-bond acceptors (Lipinski definition) is 3. The van der Waals surface area contributed by atoms with Gasteiger partial charge in [0, 0.05) is 25.2 Å². The predicted molar refractivity (Wildman–Crippen MR) is 67.1 cm³/mol. The fourth-order valence-corrected chi connectivity index (χ4v) is 2.95. The summed E-state index contributed by atoms with van der Waals surface area (Å²) in [5.74, 6) is -0.0734. The highest BCUT2D eigenvalue weighted by Gasteiger charge is 2.44. The van der Waals surface area contributed by atoms with Crippen LogP contribution in [-0.4, -0.2) is 24.8 Å². The molecule has 2 fully saturated rings. The van der Waals surface area contributed by atoms with Gasteiger partial charge >= 0.3 is 0 Å². The van der Waals surface area contributed by atoms with E-state index in [9.17, 15) is 4.79 Å². The van der Waals surface area contributed by atoms with Crippen LogP contribution in [0.2, 0.25) is 0 Å². The van der Waals surface area contributed by atoms with Crippen LogP contribution in [0, 0.1) is 5.92 Å². The van der Waals surface area contributed by atoms with Crippen LogP contribution in [-0.2, 0) is 20.7 Å². The summed E-state index contributed by atoms with van der Waals surface area (Å²) in [6.07, 6.45) is 2.81. The van der Waals surface area contributed by atoms with Crippen LogP contribution in [0.1, 0.15) is 24.8 Å². The molecule has 0 N–H and O–H groups in total. The van der Waals surface area contributed by atoms with Crippen molar-refractivity contribution < 1.29 is 14.3 Å². The number of carbonyl (C=O) groups is 1. The Hall–Kier alpha value is -1.19. The number of carbonyl (C=O) groups excluding carboxylic acids is 1. The molecule has 1 saturated heterocycles. The van der Waals surface area contributed by atoms with Crippen molar-refractivity contribution >= 4 is 5.78 Å². The van der Waals surface area contributed by atoms with E-state index in [2.05, 4.69) is 12.1 Å². The Morgan fingerprint density at radius 2 is 1.89 bits per heavy atom. The van der Waals surface area contributed by atoms with E-state index in [1.165, 1.54) is 5.56 Å². The lowest BCUT2D eigenvalue weighted by atomic mass is 9.80. The highest BCUT2D eigenvalue weighted by Crippen LogP contribution is 2.38.